The molecule has 0 heterocycles. The lowest BCUT2D eigenvalue weighted by Gasteiger charge is -2.30. The van der Waals surface area contributed by atoms with Crippen LogP contribution in [0.25, 0.3) is 0 Å². The van der Waals surface area contributed by atoms with Crippen LogP contribution in [-0.2, 0) is 4.74 Å². The maximum Gasteiger partial charge on any atom is 0.410 e. The first-order valence-electron chi connectivity index (χ1n) is 6.85. The van der Waals surface area contributed by atoms with E-state index in [2.05, 4.69) is 0 Å². The molecule has 0 aromatic rings. The van der Waals surface area contributed by atoms with Crippen LogP contribution in [-0.4, -0.2) is 39.9 Å². The minimum absolute atomic E-state index is 0.119. The van der Waals surface area contributed by atoms with Crippen molar-refractivity contribution in [1.29, 1.82) is 0 Å². The molecule has 4 heteroatoms. The van der Waals surface area contributed by atoms with Gasteiger partial charge in [0.1, 0.15) is 5.60 Å². The van der Waals surface area contributed by atoms with Crippen LogP contribution in [0.2, 0.25) is 0 Å². The van der Waals surface area contributed by atoms with Gasteiger partial charge in [-0.1, -0.05) is 0 Å². The summed E-state index contributed by atoms with van der Waals surface area (Å²) in [5, 5.41) is 9.77. The molecule has 1 saturated carbocycles. The average Bonchev–Trinajstić information content (AvgIpc) is 2.88. The first-order valence-corrected chi connectivity index (χ1v) is 6.85. The second kappa shape index (κ2) is 5.47. The van der Waals surface area contributed by atoms with Gasteiger partial charge in [-0.05, 0) is 60.3 Å². The smallest absolute Gasteiger partial charge is 0.410 e. The molecule has 18 heavy (non-hydrogen) atoms. The normalized spacial score (nSPS) is 17.7. The molecule has 106 valence electrons. The second-order valence-corrected chi connectivity index (χ2v) is 6.60. The highest BCUT2D eigenvalue weighted by atomic mass is 16.6. The van der Waals surface area contributed by atoms with Gasteiger partial charge in [-0.2, -0.15) is 0 Å². The van der Waals surface area contributed by atoms with Crippen LogP contribution in [0.5, 0.6) is 0 Å². The van der Waals surface area contributed by atoms with E-state index < -0.39 is 11.2 Å². The van der Waals surface area contributed by atoms with E-state index in [0.29, 0.717) is 6.54 Å². The molecule has 0 radical (unpaired) electrons. The summed E-state index contributed by atoms with van der Waals surface area (Å²) in [7, 11) is 0. The maximum absolute atomic E-state index is 12.0. The molecule has 0 aromatic heterocycles. The van der Waals surface area contributed by atoms with Gasteiger partial charge < -0.3 is 14.7 Å². The van der Waals surface area contributed by atoms with E-state index in [9.17, 15) is 9.90 Å². The Morgan fingerprint density at radius 3 is 2.33 bits per heavy atom. The summed E-state index contributed by atoms with van der Waals surface area (Å²) < 4.78 is 5.38. The molecular formula is C14H27NO3. The van der Waals surface area contributed by atoms with Crippen molar-refractivity contribution in [2.75, 3.05) is 6.54 Å². The molecule has 1 aliphatic carbocycles. The summed E-state index contributed by atoms with van der Waals surface area (Å²) in [5.41, 5.74) is -0.893. The number of amides is 1. The van der Waals surface area contributed by atoms with E-state index >= 15 is 0 Å². The molecule has 0 unspecified atom stereocenters. The third-order valence-electron chi connectivity index (χ3n) is 3.12. The van der Waals surface area contributed by atoms with E-state index in [1.807, 2.05) is 34.6 Å². The molecule has 4 nitrogen and oxygen atoms in total. The van der Waals surface area contributed by atoms with Gasteiger partial charge in [-0.15, -0.1) is 0 Å². The lowest BCUT2D eigenvalue weighted by atomic mass is 10.1. The van der Waals surface area contributed by atoms with Crippen molar-refractivity contribution in [3.05, 3.63) is 0 Å². The van der Waals surface area contributed by atoms with Gasteiger partial charge in [-0.3, -0.25) is 0 Å². The van der Waals surface area contributed by atoms with E-state index in [0.717, 1.165) is 25.7 Å². The lowest BCUT2D eigenvalue weighted by Crippen LogP contribution is -2.41. The summed E-state index contributed by atoms with van der Waals surface area (Å²) in [6, 6.07) is 0.119. The first-order chi connectivity index (χ1) is 8.13. The van der Waals surface area contributed by atoms with Crippen molar-refractivity contribution < 1.29 is 14.6 Å². The standard InChI is InChI=1S/C14H27NO3/c1-11(2)15(12(16)18-13(3,4)5)10-6-7-14(17)8-9-14/h11,17H,6-10H2,1-5H3. The predicted octanol–water partition coefficient (Wildman–Crippen LogP) is 2.94. The maximum atomic E-state index is 12.0. The van der Waals surface area contributed by atoms with Gasteiger partial charge in [0, 0.05) is 12.6 Å². The van der Waals surface area contributed by atoms with Crippen LogP contribution in [0.15, 0.2) is 0 Å². The lowest BCUT2D eigenvalue weighted by molar-refractivity contribution is 0.0175. The minimum Gasteiger partial charge on any atom is -0.444 e. The number of rotatable bonds is 5. The Labute approximate surface area is 110 Å². The van der Waals surface area contributed by atoms with Crippen LogP contribution in [0.1, 0.15) is 60.3 Å². The predicted molar refractivity (Wildman–Crippen MR) is 71.5 cm³/mol. The van der Waals surface area contributed by atoms with E-state index in [1.54, 1.807) is 4.90 Å². The Kier molecular flexibility index (Phi) is 4.65. The molecule has 0 saturated heterocycles. The Bertz CT molecular complexity index is 290. The Hall–Kier alpha value is -0.770. The second-order valence-electron chi connectivity index (χ2n) is 6.60. The van der Waals surface area contributed by atoms with E-state index in [-0.39, 0.29) is 12.1 Å². The fourth-order valence-corrected chi connectivity index (χ4v) is 1.85. The van der Waals surface area contributed by atoms with E-state index in [4.69, 9.17) is 4.74 Å². The number of hydrogen-bond acceptors (Lipinski definition) is 3. The highest BCUT2D eigenvalue weighted by molar-refractivity contribution is 5.68. The van der Waals surface area contributed by atoms with Crippen LogP contribution in [0, 0.1) is 0 Å². The SMILES string of the molecule is CC(C)N(CCCC1(O)CC1)C(=O)OC(C)(C)C. The first kappa shape index (κ1) is 15.3. The topological polar surface area (TPSA) is 49.8 Å². The number of carbonyl (C=O) groups is 1. The Morgan fingerprint density at radius 1 is 1.39 bits per heavy atom. The van der Waals surface area contributed by atoms with Crippen LogP contribution in [0.3, 0.4) is 0 Å². The van der Waals surface area contributed by atoms with Crippen molar-refractivity contribution in [1.82, 2.24) is 4.90 Å². The molecule has 1 N–H and O–H groups in total. The summed E-state index contributed by atoms with van der Waals surface area (Å²) in [6.45, 7) is 10.2. The van der Waals surface area contributed by atoms with Crippen molar-refractivity contribution in [2.24, 2.45) is 0 Å². The van der Waals surface area contributed by atoms with Gasteiger partial charge in [0.25, 0.3) is 0 Å². The quantitative estimate of drug-likeness (QED) is 0.823. The van der Waals surface area contributed by atoms with E-state index in [1.165, 1.54) is 0 Å². The number of carbonyl (C=O) groups excluding carboxylic acids is 1. The summed E-state index contributed by atoms with van der Waals surface area (Å²) in [5.74, 6) is 0. The highest BCUT2D eigenvalue weighted by Crippen LogP contribution is 2.39. The summed E-state index contributed by atoms with van der Waals surface area (Å²) in [4.78, 5) is 13.7. The van der Waals surface area contributed by atoms with Gasteiger partial charge in [-0.25, -0.2) is 4.79 Å². The molecule has 1 amide bonds. The van der Waals surface area contributed by atoms with Crippen molar-refractivity contribution in [3.8, 4) is 0 Å². The zero-order valence-corrected chi connectivity index (χ0v) is 12.3. The Balaban J connectivity index is 2.41. The number of ether oxygens (including phenoxy) is 1. The van der Waals surface area contributed by atoms with Crippen molar-refractivity contribution in [2.45, 2.75) is 77.5 Å². The van der Waals surface area contributed by atoms with Crippen LogP contribution in [0.4, 0.5) is 4.79 Å². The summed E-state index contributed by atoms with van der Waals surface area (Å²) >= 11 is 0. The minimum atomic E-state index is -0.459. The molecule has 0 spiro atoms. The molecule has 1 rings (SSSR count). The fraction of sp³-hybridized carbons (Fsp3) is 0.929. The molecule has 0 aromatic carbocycles. The molecular weight excluding hydrogens is 230 g/mol. The molecule has 1 fully saturated rings. The largest absolute Gasteiger partial charge is 0.444 e. The summed E-state index contributed by atoms with van der Waals surface area (Å²) in [6.07, 6.45) is 3.15. The van der Waals surface area contributed by atoms with Crippen molar-refractivity contribution >= 4 is 6.09 Å². The molecule has 0 atom stereocenters. The monoisotopic (exact) mass is 257 g/mol. The highest BCUT2D eigenvalue weighted by Gasteiger charge is 2.39. The third-order valence-corrected chi connectivity index (χ3v) is 3.12. The van der Waals surface area contributed by atoms with Gasteiger partial charge >= 0.3 is 6.09 Å². The zero-order chi connectivity index (χ0) is 14.0. The zero-order valence-electron chi connectivity index (χ0n) is 12.3. The average molecular weight is 257 g/mol. The van der Waals surface area contributed by atoms with Crippen LogP contribution < -0.4 is 0 Å². The molecule has 0 bridgehead atoms. The molecule has 0 aliphatic heterocycles. The van der Waals surface area contributed by atoms with Gasteiger partial charge in [0.05, 0.1) is 5.60 Å². The number of nitrogens with zero attached hydrogens (tertiary/aromatic N) is 1. The Morgan fingerprint density at radius 2 is 1.94 bits per heavy atom. The van der Waals surface area contributed by atoms with Crippen molar-refractivity contribution in [3.63, 3.8) is 0 Å². The number of hydrogen-bond donors (Lipinski definition) is 1. The number of aliphatic hydroxyl groups is 1. The van der Waals surface area contributed by atoms with Gasteiger partial charge in [0.2, 0.25) is 0 Å². The fourth-order valence-electron chi connectivity index (χ4n) is 1.85. The molecule has 1 aliphatic rings. The van der Waals surface area contributed by atoms with Crippen LogP contribution >= 0.6 is 0 Å². The third kappa shape index (κ3) is 5.25. The van der Waals surface area contributed by atoms with Gasteiger partial charge in [0.15, 0.2) is 0 Å².